The van der Waals surface area contributed by atoms with Crippen molar-refractivity contribution in [1.82, 2.24) is 34.3 Å². The first kappa shape index (κ1) is 87.8. The predicted octanol–water partition coefficient (Wildman–Crippen LogP) is 2.06. The Morgan fingerprint density at radius 2 is 1.11 bits per heavy atom. The van der Waals surface area contributed by atoms with Crippen LogP contribution in [0.5, 0.6) is 17.2 Å². The van der Waals surface area contributed by atoms with Crippen LogP contribution in [0, 0.1) is 63.6 Å². The normalized spacial score (nSPS) is 23.1. The molecule has 4 fully saturated rings. The van der Waals surface area contributed by atoms with E-state index in [1.54, 1.807) is 55.5 Å². The number of benzene rings is 3. The Kier molecular flexibility index (Phi) is 34.3. The zero-order chi connectivity index (χ0) is 74.1. The molecule has 2 saturated carbocycles. The van der Waals surface area contributed by atoms with E-state index in [1.807, 2.05) is 12.1 Å². The first-order valence-electron chi connectivity index (χ1n) is 31.7. The number of nitrogens with two attached hydrogens (primary N) is 2. The number of nitrogens with zero attached hydrogens (tertiary/aromatic N) is 8. The number of halogens is 7. The fourth-order valence-electron chi connectivity index (χ4n) is 10.8. The van der Waals surface area contributed by atoms with E-state index in [-0.39, 0.29) is 141 Å². The van der Waals surface area contributed by atoms with Crippen molar-refractivity contribution in [2.24, 2.45) is 5.92 Å². The van der Waals surface area contributed by atoms with E-state index in [0.29, 0.717) is 23.9 Å². The molecule has 10 N–H and O–H groups in total. The van der Waals surface area contributed by atoms with Crippen molar-refractivity contribution in [3.8, 4) is 29.4 Å². The number of hydrogen-bond acceptors (Lipinski definition) is 25. The fourth-order valence-corrected chi connectivity index (χ4v) is 14.2. The van der Waals surface area contributed by atoms with Crippen LogP contribution in [0.3, 0.4) is 0 Å². The number of nitrogens with one attached hydrogen (secondary N) is 1. The summed E-state index contributed by atoms with van der Waals surface area (Å²) in [5, 5.41) is 81.0. The van der Waals surface area contributed by atoms with E-state index >= 15 is 0 Å². The molecule has 28 nitrogen and oxygen atoms in total. The molecule has 3 aromatic carbocycles. The number of carbonyl (C=O) groups is 2. The number of anilines is 2. The second kappa shape index (κ2) is 40.2. The molecule has 11 rings (SSSR count). The molecule has 4 aromatic heterocycles. The van der Waals surface area contributed by atoms with E-state index in [9.17, 15) is 81.1 Å². The van der Waals surface area contributed by atoms with Crippen LogP contribution in [-0.2, 0) is 53.4 Å². The Morgan fingerprint density at radius 1 is 0.709 bits per heavy atom. The summed E-state index contributed by atoms with van der Waals surface area (Å²) in [6.07, 6.45) is -0.386. The van der Waals surface area contributed by atoms with Crippen molar-refractivity contribution >= 4 is 73.0 Å². The standard InChI is InChI=1S/C27H32N5O8P.C20H19F5NO5P.C12H13N5O4.C4H9.CH3F.ClH.K.Mg.H/c1-17(26(35)38-18-7-5-6-8-18)14-41(36,40-19-9-3-2-4-10-19)37-13-21-23(33)24(34)27(15-28,39-21)22-12-11-20-25(29)30-16-31-32(20)22;1-11(20(27)29-12-7-5-6-8-12)26-32(28,30-13-9-3-2-4-10-13)31-19-17(24)15(22)14(21)16(23)18(19)25;13-4-12(10(20)9(19)7(3-18)21-12)8-2-1-6-11(14)15-5-16-17(6)8;1-4(2)3;1-2;;;;/h2-4,9-12,16-18,21,23-24,33-34H,5-8,13-14H2,1H3,(H2,29,30,31);2-4,9-12H,5-8H2,1H3,(H,26,28);1-2,5,7,9-10,18-20H,3H2,(H2,14,15,16);1-3H3;1H3;1H;;;/q;;;-1;;;+1;+2;-1/p-1/t17-,21-,23-,24-,27+,41?;11-,32-;7-,9-,10-,12+;;;;;;/m101....../s1/i;;;;1D;;;;. The zero-order valence-corrected chi connectivity index (χ0v) is 63.7. The van der Waals surface area contributed by atoms with E-state index in [4.69, 9.17) is 49.9 Å². The molecule has 0 amide bonds. The van der Waals surface area contributed by atoms with Crippen LogP contribution in [0.2, 0.25) is 0 Å². The summed E-state index contributed by atoms with van der Waals surface area (Å²) < 4.78 is 158. The van der Waals surface area contributed by atoms with Gasteiger partial charge in [-0.1, -0.05) is 43.3 Å². The fraction of sp³-hybridized carbons (Fsp3) is 0.453. The molecule has 103 heavy (non-hydrogen) atoms. The van der Waals surface area contributed by atoms with Gasteiger partial charge in [0.1, 0.15) is 102 Å². The van der Waals surface area contributed by atoms with Crippen molar-refractivity contribution in [3.63, 3.8) is 0 Å². The monoisotopic (exact) mass is 1550 g/mol. The molecule has 2 aliphatic heterocycles. The second-order valence-electron chi connectivity index (χ2n) is 23.7. The number of alkyl halides is 1. The Bertz CT molecular complexity index is 4120. The smallest absolute Gasteiger partial charge is 1.00 e. The molecule has 7 aromatic rings. The summed E-state index contributed by atoms with van der Waals surface area (Å²) in [7, 11) is -9.96. The molecule has 4 aliphatic rings. The minimum atomic E-state index is -4.91. The summed E-state index contributed by atoms with van der Waals surface area (Å²) in [6.45, 7) is 8.01. The van der Waals surface area contributed by atoms with Gasteiger partial charge in [-0.25, -0.2) is 41.3 Å². The van der Waals surface area contributed by atoms with E-state index in [0.717, 1.165) is 38.5 Å². The van der Waals surface area contributed by atoms with Crippen molar-refractivity contribution in [2.45, 2.75) is 152 Å². The van der Waals surface area contributed by atoms with Crippen molar-refractivity contribution in [2.75, 3.05) is 38.0 Å². The number of fused-ring (bicyclic) bond motifs is 2. The summed E-state index contributed by atoms with van der Waals surface area (Å²) in [5.41, 5.74) is 8.86. The number of nitriles is 2. The molecule has 2 aliphatic carbocycles. The first-order chi connectivity index (χ1) is 48.0. The first-order valence-corrected chi connectivity index (χ1v) is 34.3. The van der Waals surface area contributed by atoms with Gasteiger partial charge < -0.3 is 89.3 Å². The SMILES string of the molecule is C[C-](C)C.C[C@H](CP(=O)(OC[C@H]1O[C@@](C#N)(c2ccc3c(N)ncnn23)[C@H](O)[C@@H]1O)Oc1ccccc1)C(=O)OC1CCCC1.C[C@H](N[P@](=O)(Oc1ccccc1)Oc1c(F)c(F)c(F)c(F)c1F)C(=O)OC1CCCC1.N#C[C@@]1(c2ccc3c(N)ncnn23)O[C@H](CO)[C@@H](O)[C@H]1O.[2H]CF.[Cl-].[H-].[K+].[Mg+2]. The minimum Gasteiger partial charge on any atom is -1.00 e. The number of hydrogen-bond donors (Lipinski definition) is 8. The molecule has 2 saturated heterocycles. The maximum atomic E-state index is 14.1. The summed E-state index contributed by atoms with van der Waals surface area (Å²) >= 11 is 0. The van der Waals surface area contributed by atoms with Crippen molar-refractivity contribution in [3.05, 3.63) is 144 Å². The molecule has 0 spiro atoms. The molecule has 39 heteroatoms. The maximum absolute atomic E-state index is 14.1. The Morgan fingerprint density at radius 3 is 1.52 bits per heavy atom. The van der Waals surface area contributed by atoms with E-state index in [2.05, 4.69) is 46.0 Å². The van der Waals surface area contributed by atoms with Crippen LogP contribution in [-0.4, -0.2) is 171 Å². The van der Waals surface area contributed by atoms with Crippen molar-refractivity contribution in [1.29, 1.82) is 10.5 Å². The Labute approximate surface area is 656 Å². The second-order valence-corrected chi connectivity index (χ2v) is 27.4. The van der Waals surface area contributed by atoms with Crippen LogP contribution in [0.15, 0.2) is 97.6 Å². The molecule has 0 radical (unpaired) electrons. The van der Waals surface area contributed by atoms with Gasteiger partial charge in [0.15, 0.2) is 11.6 Å². The van der Waals surface area contributed by atoms with Crippen LogP contribution in [0.1, 0.15) is 100 Å². The zero-order valence-electron chi connectivity index (χ0n) is 58.6. The third kappa shape index (κ3) is 21.5. The van der Waals surface area contributed by atoms with Gasteiger partial charge in [0.05, 0.1) is 45.2 Å². The van der Waals surface area contributed by atoms with Gasteiger partial charge in [0, 0.05) is 0 Å². The van der Waals surface area contributed by atoms with Crippen LogP contribution in [0.25, 0.3) is 11.0 Å². The average molecular weight is 1550 g/mol. The molecule has 12 atom stereocenters. The topological polar surface area (TPSA) is 415 Å². The third-order valence-electron chi connectivity index (χ3n) is 15.7. The van der Waals surface area contributed by atoms with Gasteiger partial charge >= 0.3 is 102 Å². The molecule has 1 unspecified atom stereocenters. The number of carbonyl (C=O) groups excluding carboxylic acids is 2. The number of ether oxygens (including phenoxy) is 4. The predicted molar refractivity (Wildman–Crippen MR) is 350 cm³/mol. The van der Waals surface area contributed by atoms with Gasteiger partial charge in [0.25, 0.3) is 0 Å². The van der Waals surface area contributed by atoms with E-state index in [1.165, 1.54) is 70.9 Å². The number of aromatic nitrogens is 6. The van der Waals surface area contributed by atoms with Gasteiger partial charge in [0.2, 0.25) is 46.0 Å². The molecular weight excluding hydrogens is 1470 g/mol. The average Bonchev–Trinajstić information content (AvgIpc) is 1.60. The quantitative estimate of drug-likeness (QED) is 0.0103. The summed E-state index contributed by atoms with van der Waals surface area (Å²) in [6, 6.07) is 24.0. The van der Waals surface area contributed by atoms with Crippen molar-refractivity contribution < 1.29 is 174 Å². The number of esters is 2. The number of nitrogen functional groups attached to an aromatic ring is 2. The molecular formula is C64H77ClF6KMgN11O17P2. The van der Waals surface area contributed by atoms with Crippen LogP contribution in [0.4, 0.5) is 38.0 Å². The number of para-hydroxylation sites is 2. The number of aliphatic hydroxyl groups is 5. The van der Waals surface area contributed by atoms with Gasteiger partial charge in [-0.3, -0.25) is 18.5 Å². The number of rotatable bonds is 20. The van der Waals surface area contributed by atoms with Gasteiger partial charge in [-0.05, 0) is 107 Å². The Hall–Kier alpha value is -5.81. The molecule has 552 valence electrons. The third-order valence-corrected chi connectivity index (χ3v) is 19.3. The van der Waals surface area contributed by atoms with Crippen LogP contribution >= 0.6 is 15.3 Å². The largest absolute Gasteiger partial charge is 2.00 e. The van der Waals surface area contributed by atoms with Crippen LogP contribution < -0.4 is 93.9 Å². The number of aliphatic hydroxyl groups excluding tert-OH is 5. The van der Waals surface area contributed by atoms with E-state index < -0.39 is 142 Å². The summed E-state index contributed by atoms with van der Waals surface area (Å²) in [4.78, 5) is 32.8. The Balaban J connectivity index is 0.000000399. The van der Waals surface area contributed by atoms with Gasteiger partial charge in [-0.15, -0.1) is 0 Å². The molecule has 0 bridgehead atoms. The molecule has 6 heterocycles. The summed E-state index contributed by atoms with van der Waals surface area (Å²) in [5.74, 6) is -13.8. The maximum Gasteiger partial charge on any atom is 2.00 e. The minimum absolute atomic E-state index is 0. The van der Waals surface area contributed by atoms with Gasteiger partial charge in [-0.2, -0.15) is 55.4 Å².